The lowest BCUT2D eigenvalue weighted by Gasteiger charge is -2.25. The Kier molecular flexibility index (Phi) is 3.42. The van der Waals surface area contributed by atoms with Crippen LogP contribution in [0.5, 0.6) is 0 Å². The van der Waals surface area contributed by atoms with Crippen LogP contribution in [-0.4, -0.2) is 16.5 Å². The Bertz CT molecular complexity index is 524. The normalized spacial score (nSPS) is 18.8. The Morgan fingerprint density at radius 1 is 1.26 bits per heavy atom. The van der Waals surface area contributed by atoms with Gasteiger partial charge in [0.05, 0.1) is 6.04 Å². The molecular formula is C15H18N4. The molecule has 0 saturated carbocycles. The molecule has 4 heteroatoms. The molecule has 2 aromatic rings. The minimum absolute atomic E-state index is 0.393. The standard InChI is InChI=1S/C15H18N4/c16-9-12-5-6-15(18-10-12)19-8-2-4-14(19)13-3-1-7-17-11-13/h1,3,5-7,10-11,14H,2,4,8-9,16H2. The van der Waals surface area contributed by atoms with Crippen LogP contribution in [0.15, 0.2) is 42.9 Å². The summed E-state index contributed by atoms with van der Waals surface area (Å²) in [4.78, 5) is 11.1. The maximum absolute atomic E-state index is 5.61. The summed E-state index contributed by atoms with van der Waals surface area (Å²) in [5.74, 6) is 1.03. The van der Waals surface area contributed by atoms with Crippen LogP contribution in [0.3, 0.4) is 0 Å². The lowest BCUT2D eigenvalue weighted by molar-refractivity contribution is 0.707. The molecule has 3 rings (SSSR count). The van der Waals surface area contributed by atoms with Crippen LogP contribution in [0.1, 0.15) is 30.0 Å². The van der Waals surface area contributed by atoms with Gasteiger partial charge in [0.25, 0.3) is 0 Å². The van der Waals surface area contributed by atoms with Crippen LogP contribution in [0.4, 0.5) is 5.82 Å². The molecule has 3 heterocycles. The van der Waals surface area contributed by atoms with E-state index in [-0.39, 0.29) is 0 Å². The minimum Gasteiger partial charge on any atom is -0.350 e. The smallest absolute Gasteiger partial charge is 0.128 e. The highest BCUT2D eigenvalue weighted by Gasteiger charge is 2.26. The van der Waals surface area contributed by atoms with Crippen molar-refractivity contribution in [3.05, 3.63) is 54.0 Å². The molecule has 2 N–H and O–H groups in total. The van der Waals surface area contributed by atoms with Crippen molar-refractivity contribution in [1.29, 1.82) is 0 Å². The predicted molar refractivity (Wildman–Crippen MR) is 75.7 cm³/mol. The van der Waals surface area contributed by atoms with Gasteiger partial charge in [-0.25, -0.2) is 4.98 Å². The fourth-order valence-corrected chi connectivity index (χ4v) is 2.67. The lowest BCUT2D eigenvalue weighted by Crippen LogP contribution is -2.23. The summed E-state index contributed by atoms with van der Waals surface area (Å²) in [6, 6.07) is 8.66. The van der Waals surface area contributed by atoms with Crippen LogP contribution in [0.25, 0.3) is 0 Å². The Morgan fingerprint density at radius 2 is 2.21 bits per heavy atom. The average molecular weight is 254 g/mol. The van der Waals surface area contributed by atoms with Crippen molar-refractivity contribution >= 4 is 5.82 Å². The molecule has 2 aromatic heterocycles. The third kappa shape index (κ3) is 2.44. The van der Waals surface area contributed by atoms with Gasteiger partial charge in [-0.15, -0.1) is 0 Å². The Hall–Kier alpha value is -1.94. The van der Waals surface area contributed by atoms with E-state index in [2.05, 4.69) is 33.1 Å². The van der Waals surface area contributed by atoms with E-state index in [1.165, 1.54) is 12.0 Å². The van der Waals surface area contributed by atoms with Crippen LogP contribution >= 0.6 is 0 Å². The number of nitrogens with two attached hydrogens (primary N) is 1. The van der Waals surface area contributed by atoms with E-state index in [1.807, 2.05) is 24.7 Å². The molecule has 0 spiro atoms. The molecule has 0 aromatic carbocycles. The third-order valence-electron chi connectivity index (χ3n) is 3.66. The summed E-state index contributed by atoms with van der Waals surface area (Å²) in [5, 5.41) is 0. The summed E-state index contributed by atoms with van der Waals surface area (Å²) in [6.07, 6.45) is 7.99. The summed E-state index contributed by atoms with van der Waals surface area (Å²) in [5.41, 5.74) is 7.95. The molecule has 1 fully saturated rings. The zero-order chi connectivity index (χ0) is 13.1. The SMILES string of the molecule is NCc1ccc(N2CCCC2c2cccnc2)nc1. The first-order valence-electron chi connectivity index (χ1n) is 6.70. The molecule has 1 unspecified atom stereocenters. The molecule has 0 bridgehead atoms. The second kappa shape index (κ2) is 5.36. The molecule has 19 heavy (non-hydrogen) atoms. The van der Waals surface area contributed by atoms with E-state index < -0.39 is 0 Å². The van der Waals surface area contributed by atoms with Gasteiger partial charge >= 0.3 is 0 Å². The number of pyridine rings is 2. The number of nitrogens with zero attached hydrogens (tertiary/aromatic N) is 3. The summed E-state index contributed by atoms with van der Waals surface area (Å²) >= 11 is 0. The first-order valence-corrected chi connectivity index (χ1v) is 6.70. The second-order valence-corrected chi connectivity index (χ2v) is 4.87. The molecule has 1 saturated heterocycles. The highest BCUT2D eigenvalue weighted by Crippen LogP contribution is 2.34. The molecule has 0 aliphatic carbocycles. The van der Waals surface area contributed by atoms with Gasteiger partial charge < -0.3 is 10.6 Å². The van der Waals surface area contributed by atoms with E-state index in [4.69, 9.17) is 5.73 Å². The Morgan fingerprint density at radius 3 is 2.89 bits per heavy atom. The van der Waals surface area contributed by atoms with E-state index >= 15 is 0 Å². The van der Waals surface area contributed by atoms with Crippen LogP contribution in [-0.2, 0) is 6.54 Å². The van der Waals surface area contributed by atoms with Gasteiger partial charge in [-0.2, -0.15) is 0 Å². The van der Waals surface area contributed by atoms with Gasteiger partial charge in [0, 0.05) is 31.7 Å². The first kappa shape index (κ1) is 12.1. The van der Waals surface area contributed by atoms with Crippen molar-refractivity contribution in [2.75, 3.05) is 11.4 Å². The van der Waals surface area contributed by atoms with E-state index in [0.717, 1.165) is 24.3 Å². The molecule has 1 aliphatic heterocycles. The van der Waals surface area contributed by atoms with Crippen molar-refractivity contribution in [3.8, 4) is 0 Å². The van der Waals surface area contributed by atoms with E-state index in [9.17, 15) is 0 Å². The van der Waals surface area contributed by atoms with Crippen LogP contribution < -0.4 is 10.6 Å². The maximum Gasteiger partial charge on any atom is 0.128 e. The van der Waals surface area contributed by atoms with Gasteiger partial charge in [-0.1, -0.05) is 12.1 Å². The Labute approximate surface area is 113 Å². The number of rotatable bonds is 3. The van der Waals surface area contributed by atoms with E-state index in [1.54, 1.807) is 0 Å². The minimum atomic E-state index is 0.393. The number of hydrogen-bond acceptors (Lipinski definition) is 4. The van der Waals surface area contributed by atoms with Crippen molar-refractivity contribution in [3.63, 3.8) is 0 Å². The summed E-state index contributed by atoms with van der Waals surface area (Å²) in [6.45, 7) is 1.59. The van der Waals surface area contributed by atoms with Crippen molar-refractivity contribution < 1.29 is 0 Å². The molecule has 0 radical (unpaired) electrons. The van der Waals surface area contributed by atoms with Gasteiger partial charge in [0.2, 0.25) is 0 Å². The maximum atomic E-state index is 5.61. The second-order valence-electron chi connectivity index (χ2n) is 4.87. The monoisotopic (exact) mass is 254 g/mol. The fourth-order valence-electron chi connectivity index (χ4n) is 2.67. The topological polar surface area (TPSA) is 55.0 Å². The molecule has 0 amide bonds. The third-order valence-corrected chi connectivity index (χ3v) is 3.66. The summed E-state index contributed by atoms with van der Waals surface area (Å²) < 4.78 is 0. The number of hydrogen-bond donors (Lipinski definition) is 1. The highest BCUT2D eigenvalue weighted by molar-refractivity contribution is 5.44. The molecule has 4 nitrogen and oxygen atoms in total. The van der Waals surface area contributed by atoms with Gasteiger partial charge in [-0.05, 0) is 36.1 Å². The zero-order valence-electron chi connectivity index (χ0n) is 10.9. The van der Waals surface area contributed by atoms with Crippen LogP contribution in [0, 0.1) is 0 Å². The van der Waals surface area contributed by atoms with Gasteiger partial charge in [0.15, 0.2) is 0 Å². The quantitative estimate of drug-likeness (QED) is 0.913. The largest absolute Gasteiger partial charge is 0.350 e. The van der Waals surface area contributed by atoms with Crippen molar-refractivity contribution in [1.82, 2.24) is 9.97 Å². The number of aromatic nitrogens is 2. The van der Waals surface area contributed by atoms with Gasteiger partial charge in [0.1, 0.15) is 5.82 Å². The average Bonchev–Trinajstić information content (AvgIpc) is 2.98. The van der Waals surface area contributed by atoms with Gasteiger partial charge in [-0.3, -0.25) is 4.98 Å². The zero-order valence-corrected chi connectivity index (χ0v) is 10.9. The lowest BCUT2D eigenvalue weighted by atomic mass is 10.1. The van der Waals surface area contributed by atoms with Crippen molar-refractivity contribution in [2.24, 2.45) is 5.73 Å². The highest BCUT2D eigenvalue weighted by atomic mass is 15.2. The predicted octanol–water partition coefficient (Wildman–Crippen LogP) is 2.28. The molecule has 1 aliphatic rings. The van der Waals surface area contributed by atoms with E-state index in [0.29, 0.717) is 12.6 Å². The van der Waals surface area contributed by atoms with Crippen molar-refractivity contribution in [2.45, 2.75) is 25.4 Å². The fraction of sp³-hybridized carbons (Fsp3) is 0.333. The first-order chi connectivity index (χ1) is 9.38. The summed E-state index contributed by atoms with van der Waals surface area (Å²) in [7, 11) is 0. The molecule has 1 atom stereocenters. The Balaban J connectivity index is 1.86. The molecule has 98 valence electrons. The van der Waals surface area contributed by atoms with Crippen LogP contribution in [0.2, 0.25) is 0 Å². The number of anilines is 1. The molecular weight excluding hydrogens is 236 g/mol.